The van der Waals surface area contributed by atoms with Crippen LogP contribution >= 0.6 is 0 Å². The predicted octanol–water partition coefficient (Wildman–Crippen LogP) is 1.29. The van der Waals surface area contributed by atoms with Gasteiger partial charge in [0, 0.05) is 6.42 Å². The number of rotatable bonds is 3. The zero-order valence-corrected chi connectivity index (χ0v) is 7.33. The van der Waals surface area contributed by atoms with E-state index in [9.17, 15) is 5.11 Å². The summed E-state index contributed by atoms with van der Waals surface area (Å²) in [5, 5.41) is 9.55. The zero-order valence-electron chi connectivity index (χ0n) is 7.33. The van der Waals surface area contributed by atoms with Gasteiger partial charge in [0.05, 0.1) is 0 Å². The van der Waals surface area contributed by atoms with Crippen LogP contribution in [0.2, 0.25) is 0 Å². The van der Waals surface area contributed by atoms with Crippen molar-refractivity contribution >= 4 is 0 Å². The Hall–Kier alpha value is -0.860. The summed E-state index contributed by atoms with van der Waals surface area (Å²) in [6, 6.07) is 9.77. The minimum Gasteiger partial charge on any atom is -0.376 e. The molecular formula is C10H15NO. The van der Waals surface area contributed by atoms with Gasteiger partial charge in [-0.1, -0.05) is 37.3 Å². The van der Waals surface area contributed by atoms with Crippen molar-refractivity contribution in [3.63, 3.8) is 0 Å². The van der Waals surface area contributed by atoms with Gasteiger partial charge in [0.2, 0.25) is 0 Å². The summed E-state index contributed by atoms with van der Waals surface area (Å²) >= 11 is 0. The number of nitrogens with two attached hydrogens (primary N) is 1. The molecule has 0 amide bonds. The second-order valence-corrected chi connectivity index (χ2v) is 3.12. The van der Waals surface area contributed by atoms with E-state index in [4.69, 9.17) is 5.73 Å². The second-order valence-electron chi connectivity index (χ2n) is 3.12. The Balaban J connectivity index is 2.64. The average molecular weight is 165 g/mol. The second kappa shape index (κ2) is 3.70. The molecule has 0 bridgehead atoms. The molecule has 0 aromatic heterocycles. The summed E-state index contributed by atoms with van der Waals surface area (Å²) in [4.78, 5) is 0. The van der Waals surface area contributed by atoms with Gasteiger partial charge in [0.1, 0.15) is 5.72 Å². The molecule has 0 heterocycles. The van der Waals surface area contributed by atoms with Crippen molar-refractivity contribution in [3.8, 4) is 0 Å². The van der Waals surface area contributed by atoms with E-state index in [0.717, 1.165) is 5.56 Å². The van der Waals surface area contributed by atoms with Crippen LogP contribution in [0, 0.1) is 0 Å². The highest BCUT2D eigenvalue weighted by Gasteiger charge is 2.17. The van der Waals surface area contributed by atoms with E-state index in [-0.39, 0.29) is 0 Å². The van der Waals surface area contributed by atoms with Crippen molar-refractivity contribution in [2.75, 3.05) is 0 Å². The van der Waals surface area contributed by atoms with E-state index >= 15 is 0 Å². The van der Waals surface area contributed by atoms with Crippen molar-refractivity contribution in [2.24, 2.45) is 5.73 Å². The molecule has 0 radical (unpaired) electrons. The van der Waals surface area contributed by atoms with Crippen LogP contribution in [0.3, 0.4) is 0 Å². The maximum Gasteiger partial charge on any atom is 0.117 e. The monoisotopic (exact) mass is 165 g/mol. The van der Waals surface area contributed by atoms with Crippen LogP contribution in [0.15, 0.2) is 30.3 Å². The molecule has 1 aromatic rings. The van der Waals surface area contributed by atoms with E-state index in [0.29, 0.717) is 12.8 Å². The lowest BCUT2D eigenvalue weighted by atomic mass is 10.0. The lowest BCUT2D eigenvalue weighted by Crippen LogP contribution is -2.40. The van der Waals surface area contributed by atoms with Crippen LogP contribution in [-0.2, 0) is 6.42 Å². The van der Waals surface area contributed by atoms with Gasteiger partial charge < -0.3 is 10.8 Å². The maximum absolute atomic E-state index is 9.55. The quantitative estimate of drug-likeness (QED) is 0.663. The van der Waals surface area contributed by atoms with Crippen molar-refractivity contribution in [2.45, 2.75) is 25.5 Å². The zero-order chi connectivity index (χ0) is 9.03. The molecule has 1 rings (SSSR count). The maximum atomic E-state index is 9.55. The van der Waals surface area contributed by atoms with E-state index in [1.165, 1.54) is 0 Å². The molecule has 2 nitrogen and oxygen atoms in total. The molecule has 0 spiro atoms. The predicted molar refractivity (Wildman–Crippen MR) is 49.6 cm³/mol. The Morgan fingerprint density at radius 2 is 1.92 bits per heavy atom. The Kier molecular flexibility index (Phi) is 2.84. The summed E-state index contributed by atoms with van der Waals surface area (Å²) in [7, 11) is 0. The fourth-order valence-corrected chi connectivity index (χ4v) is 1.07. The third-order valence-corrected chi connectivity index (χ3v) is 1.97. The lowest BCUT2D eigenvalue weighted by Gasteiger charge is -2.20. The van der Waals surface area contributed by atoms with Crippen molar-refractivity contribution < 1.29 is 5.11 Å². The smallest absolute Gasteiger partial charge is 0.117 e. The highest BCUT2D eigenvalue weighted by molar-refractivity contribution is 5.16. The Morgan fingerprint density at radius 1 is 1.33 bits per heavy atom. The minimum atomic E-state index is -1.05. The first kappa shape index (κ1) is 9.23. The molecule has 1 aromatic carbocycles. The van der Waals surface area contributed by atoms with E-state index in [1.807, 2.05) is 37.3 Å². The van der Waals surface area contributed by atoms with Gasteiger partial charge in [-0.05, 0) is 12.0 Å². The summed E-state index contributed by atoms with van der Waals surface area (Å²) in [6.45, 7) is 1.88. The van der Waals surface area contributed by atoms with Gasteiger partial charge in [0.15, 0.2) is 0 Å². The number of hydrogen-bond acceptors (Lipinski definition) is 2. The highest BCUT2D eigenvalue weighted by Crippen LogP contribution is 2.10. The average Bonchev–Trinajstić information content (AvgIpc) is 2.06. The van der Waals surface area contributed by atoms with Crippen molar-refractivity contribution in [3.05, 3.63) is 35.9 Å². The van der Waals surface area contributed by atoms with Crippen LogP contribution in [0.5, 0.6) is 0 Å². The first-order valence-electron chi connectivity index (χ1n) is 4.19. The molecule has 0 saturated carbocycles. The highest BCUT2D eigenvalue weighted by atomic mass is 16.3. The molecule has 0 aliphatic carbocycles. The molecule has 2 heteroatoms. The van der Waals surface area contributed by atoms with Crippen molar-refractivity contribution in [1.29, 1.82) is 0 Å². The van der Waals surface area contributed by atoms with Crippen molar-refractivity contribution in [1.82, 2.24) is 0 Å². The summed E-state index contributed by atoms with van der Waals surface area (Å²) in [5.41, 5.74) is 5.62. The molecule has 0 aliphatic rings. The van der Waals surface area contributed by atoms with Gasteiger partial charge in [-0.25, -0.2) is 0 Å². The van der Waals surface area contributed by atoms with E-state index in [2.05, 4.69) is 0 Å². The molecule has 12 heavy (non-hydrogen) atoms. The summed E-state index contributed by atoms with van der Waals surface area (Å²) < 4.78 is 0. The van der Waals surface area contributed by atoms with Crippen LogP contribution < -0.4 is 5.73 Å². The van der Waals surface area contributed by atoms with E-state index in [1.54, 1.807) is 0 Å². The molecule has 0 fully saturated rings. The molecule has 1 atom stereocenters. The van der Waals surface area contributed by atoms with Gasteiger partial charge in [-0.15, -0.1) is 0 Å². The minimum absolute atomic E-state index is 0.518. The molecule has 0 saturated heterocycles. The summed E-state index contributed by atoms with van der Waals surface area (Å²) in [5.74, 6) is 0. The van der Waals surface area contributed by atoms with Gasteiger partial charge in [0.25, 0.3) is 0 Å². The summed E-state index contributed by atoms with van der Waals surface area (Å²) in [6.07, 6.45) is 1.09. The fraction of sp³-hybridized carbons (Fsp3) is 0.400. The standard InChI is InChI=1S/C10H15NO/c1-2-10(11,12)8-9-6-4-3-5-7-9/h3-7,12H,2,8,11H2,1H3/t10-/m1/s1. The third kappa shape index (κ3) is 2.64. The third-order valence-electron chi connectivity index (χ3n) is 1.97. The van der Waals surface area contributed by atoms with Gasteiger partial charge in [-0.2, -0.15) is 0 Å². The lowest BCUT2D eigenvalue weighted by molar-refractivity contribution is 0.0434. The number of aliphatic hydroxyl groups is 1. The number of benzene rings is 1. The Bertz CT molecular complexity index is 231. The van der Waals surface area contributed by atoms with Crippen LogP contribution in [0.1, 0.15) is 18.9 Å². The first-order chi connectivity index (χ1) is 5.64. The Labute approximate surface area is 73.0 Å². The Morgan fingerprint density at radius 3 is 2.42 bits per heavy atom. The van der Waals surface area contributed by atoms with Crippen LogP contribution in [0.25, 0.3) is 0 Å². The van der Waals surface area contributed by atoms with Crippen LogP contribution in [-0.4, -0.2) is 10.8 Å². The first-order valence-corrected chi connectivity index (χ1v) is 4.19. The van der Waals surface area contributed by atoms with E-state index < -0.39 is 5.72 Å². The topological polar surface area (TPSA) is 46.2 Å². The number of hydrogen-bond donors (Lipinski definition) is 2. The molecule has 66 valence electrons. The SMILES string of the molecule is CC[C@@](N)(O)Cc1ccccc1. The molecular weight excluding hydrogens is 150 g/mol. The fourth-order valence-electron chi connectivity index (χ4n) is 1.07. The van der Waals surface area contributed by atoms with Gasteiger partial charge in [-0.3, -0.25) is 0 Å². The molecule has 0 aliphatic heterocycles. The molecule has 0 unspecified atom stereocenters. The van der Waals surface area contributed by atoms with Crippen LogP contribution in [0.4, 0.5) is 0 Å². The normalized spacial score (nSPS) is 15.6. The van der Waals surface area contributed by atoms with Gasteiger partial charge >= 0.3 is 0 Å². The molecule has 3 N–H and O–H groups in total. The largest absolute Gasteiger partial charge is 0.376 e.